The van der Waals surface area contributed by atoms with Crippen molar-refractivity contribution in [3.05, 3.63) is 23.8 Å². The molecule has 0 spiro atoms. The molecule has 1 amide bonds. The molecule has 6 nitrogen and oxygen atoms in total. The molecule has 1 aliphatic carbocycles. The van der Waals surface area contributed by atoms with Crippen LogP contribution in [-0.2, 0) is 11.3 Å². The molecule has 1 heterocycles. The van der Waals surface area contributed by atoms with Gasteiger partial charge in [0.2, 0.25) is 5.91 Å². The van der Waals surface area contributed by atoms with Gasteiger partial charge >= 0.3 is 0 Å². The molecule has 1 saturated carbocycles. The van der Waals surface area contributed by atoms with Gasteiger partial charge in [-0.1, -0.05) is 6.42 Å². The number of nitrogens with two attached hydrogens (primary N) is 1. The van der Waals surface area contributed by atoms with E-state index in [-0.39, 0.29) is 30.7 Å². The number of hydrogen-bond acceptors (Lipinski definition) is 5. The zero-order valence-corrected chi connectivity index (χ0v) is 18.4. The number of rotatable bonds is 6. The van der Waals surface area contributed by atoms with E-state index in [2.05, 4.69) is 4.90 Å². The second kappa shape index (κ2) is 11.7. The van der Waals surface area contributed by atoms with E-state index >= 15 is 0 Å². The first-order chi connectivity index (χ1) is 12.7. The maximum atomic E-state index is 12.8. The molecule has 0 aromatic heterocycles. The summed E-state index contributed by atoms with van der Waals surface area (Å²) in [6.45, 7) is 4.78. The Hall–Kier alpha value is -1.21. The molecule has 0 bridgehead atoms. The molecule has 160 valence electrons. The number of nitrogens with zero attached hydrogens (tertiary/aromatic N) is 2. The third-order valence-corrected chi connectivity index (χ3v) is 5.84. The molecule has 0 radical (unpaired) electrons. The van der Waals surface area contributed by atoms with Gasteiger partial charge in [0.05, 0.1) is 14.2 Å². The van der Waals surface area contributed by atoms with Crippen molar-refractivity contribution >= 4 is 30.7 Å². The molecule has 28 heavy (non-hydrogen) atoms. The minimum atomic E-state index is 0. The number of benzene rings is 1. The molecule has 2 atom stereocenters. The van der Waals surface area contributed by atoms with Gasteiger partial charge in [0.25, 0.3) is 0 Å². The second-order valence-electron chi connectivity index (χ2n) is 7.31. The average molecular weight is 434 g/mol. The lowest BCUT2D eigenvalue weighted by atomic mass is 9.94. The summed E-state index contributed by atoms with van der Waals surface area (Å²) in [6, 6.07) is 5.89. The maximum absolute atomic E-state index is 12.8. The Bertz CT molecular complexity index is 625. The minimum absolute atomic E-state index is 0. The van der Waals surface area contributed by atoms with E-state index in [1.807, 2.05) is 23.1 Å². The lowest BCUT2D eigenvalue weighted by Crippen LogP contribution is -2.50. The molecule has 1 aromatic carbocycles. The zero-order valence-electron chi connectivity index (χ0n) is 16.8. The molecule has 2 N–H and O–H groups in total. The number of carbonyl (C=O) groups excluding carboxylic acids is 1. The molecule has 2 fully saturated rings. The predicted octanol–water partition coefficient (Wildman–Crippen LogP) is 2.57. The average Bonchev–Trinajstić information content (AvgIpc) is 3.16. The largest absolute Gasteiger partial charge is 0.497 e. The van der Waals surface area contributed by atoms with Crippen LogP contribution >= 0.6 is 24.8 Å². The van der Waals surface area contributed by atoms with Crippen LogP contribution in [0, 0.1) is 11.8 Å². The van der Waals surface area contributed by atoms with Gasteiger partial charge in [0.15, 0.2) is 0 Å². The van der Waals surface area contributed by atoms with Crippen molar-refractivity contribution in [1.29, 1.82) is 0 Å². The van der Waals surface area contributed by atoms with Crippen LogP contribution in [0.5, 0.6) is 11.5 Å². The monoisotopic (exact) mass is 433 g/mol. The summed E-state index contributed by atoms with van der Waals surface area (Å²) in [4.78, 5) is 17.2. The van der Waals surface area contributed by atoms with E-state index in [1.54, 1.807) is 14.2 Å². The van der Waals surface area contributed by atoms with E-state index in [4.69, 9.17) is 15.2 Å². The molecule has 3 rings (SSSR count). The predicted molar refractivity (Wildman–Crippen MR) is 116 cm³/mol. The van der Waals surface area contributed by atoms with Crippen LogP contribution in [0.3, 0.4) is 0 Å². The van der Waals surface area contributed by atoms with Crippen LogP contribution in [0.1, 0.15) is 24.8 Å². The zero-order chi connectivity index (χ0) is 18.5. The number of carbonyl (C=O) groups is 1. The molecule has 0 unspecified atom stereocenters. The van der Waals surface area contributed by atoms with Crippen molar-refractivity contribution in [3.8, 4) is 11.5 Å². The molecular formula is C20H33Cl2N3O3. The summed E-state index contributed by atoms with van der Waals surface area (Å²) in [7, 11) is 3.37. The quantitative estimate of drug-likeness (QED) is 0.746. The highest BCUT2D eigenvalue weighted by Gasteiger charge is 2.35. The van der Waals surface area contributed by atoms with Gasteiger partial charge in [-0.05, 0) is 43.5 Å². The van der Waals surface area contributed by atoms with Crippen molar-refractivity contribution < 1.29 is 14.3 Å². The number of hydrogen-bond donors (Lipinski definition) is 1. The SMILES string of the molecule is COc1ccc(OC)c(CN2CCN(C(=O)[C@@H]3CCC[C@@H]3CN)CC2)c1.Cl.Cl. The Balaban J connectivity index is 0.00000196. The number of methoxy groups -OCH3 is 2. The van der Waals surface area contributed by atoms with Crippen LogP contribution in [0.25, 0.3) is 0 Å². The van der Waals surface area contributed by atoms with Crippen LogP contribution < -0.4 is 15.2 Å². The minimum Gasteiger partial charge on any atom is -0.497 e. The van der Waals surface area contributed by atoms with Crippen molar-refractivity contribution in [2.45, 2.75) is 25.8 Å². The fourth-order valence-corrected chi connectivity index (χ4v) is 4.25. The lowest BCUT2D eigenvalue weighted by Gasteiger charge is -2.37. The van der Waals surface area contributed by atoms with Gasteiger partial charge in [-0.15, -0.1) is 24.8 Å². The fraction of sp³-hybridized carbons (Fsp3) is 0.650. The third-order valence-electron chi connectivity index (χ3n) is 5.84. The van der Waals surface area contributed by atoms with Crippen molar-refractivity contribution in [3.63, 3.8) is 0 Å². The number of ether oxygens (including phenoxy) is 2. The molecule has 8 heteroatoms. The first kappa shape index (κ1) is 24.8. The second-order valence-corrected chi connectivity index (χ2v) is 7.31. The summed E-state index contributed by atoms with van der Waals surface area (Å²) >= 11 is 0. The van der Waals surface area contributed by atoms with Gasteiger partial charge in [-0.3, -0.25) is 9.69 Å². The van der Waals surface area contributed by atoms with E-state index in [0.29, 0.717) is 18.4 Å². The summed E-state index contributed by atoms with van der Waals surface area (Å²) in [5.41, 5.74) is 6.97. The van der Waals surface area contributed by atoms with Crippen LogP contribution in [0.4, 0.5) is 0 Å². The van der Waals surface area contributed by atoms with Crippen molar-refractivity contribution in [1.82, 2.24) is 9.80 Å². The Kier molecular flexibility index (Phi) is 10.4. The number of piperazine rings is 1. The first-order valence-corrected chi connectivity index (χ1v) is 9.58. The highest BCUT2D eigenvalue weighted by Crippen LogP contribution is 2.33. The van der Waals surface area contributed by atoms with Gasteiger partial charge < -0.3 is 20.1 Å². The summed E-state index contributed by atoms with van der Waals surface area (Å²) in [5.74, 6) is 2.55. The number of halogens is 2. The third kappa shape index (κ3) is 5.66. The normalized spacial score (nSPS) is 22.2. The fourth-order valence-electron chi connectivity index (χ4n) is 4.25. The van der Waals surface area contributed by atoms with Crippen molar-refractivity contribution in [2.24, 2.45) is 17.6 Å². The standard InChI is InChI=1S/C20H31N3O3.2ClH/c1-25-17-6-7-19(26-2)16(12-17)14-22-8-10-23(11-9-22)20(24)18-5-3-4-15(18)13-21;;/h6-7,12,15,18H,3-5,8-11,13-14,21H2,1-2H3;2*1H/t15-,18-;;/m1../s1. The first-order valence-electron chi connectivity index (χ1n) is 9.58. The van der Waals surface area contributed by atoms with E-state index < -0.39 is 0 Å². The smallest absolute Gasteiger partial charge is 0.226 e. The Morgan fingerprint density at radius 3 is 2.43 bits per heavy atom. The van der Waals surface area contributed by atoms with Gasteiger partial charge in [0.1, 0.15) is 11.5 Å². The summed E-state index contributed by atoms with van der Waals surface area (Å²) in [6.07, 6.45) is 3.23. The maximum Gasteiger partial charge on any atom is 0.226 e. The Morgan fingerprint density at radius 1 is 1.11 bits per heavy atom. The molecule has 1 aliphatic heterocycles. The molecule has 1 saturated heterocycles. The van der Waals surface area contributed by atoms with Gasteiger partial charge in [-0.25, -0.2) is 0 Å². The van der Waals surface area contributed by atoms with E-state index in [0.717, 1.165) is 69.0 Å². The van der Waals surface area contributed by atoms with Gasteiger partial charge in [-0.2, -0.15) is 0 Å². The highest BCUT2D eigenvalue weighted by molar-refractivity contribution is 5.85. The highest BCUT2D eigenvalue weighted by atomic mass is 35.5. The summed E-state index contributed by atoms with van der Waals surface area (Å²) in [5, 5.41) is 0. The topological polar surface area (TPSA) is 68.0 Å². The van der Waals surface area contributed by atoms with Crippen LogP contribution in [0.2, 0.25) is 0 Å². The van der Waals surface area contributed by atoms with Crippen LogP contribution in [-0.4, -0.2) is 62.7 Å². The lowest BCUT2D eigenvalue weighted by molar-refractivity contribution is -0.138. The van der Waals surface area contributed by atoms with Crippen molar-refractivity contribution in [2.75, 3.05) is 46.9 Å². The Morgan fingerprint density at radius 2 is 1.82 bits per heavy atom. The molecule has 2 aliphatic rings. The van der Waals surface area contributed by atoms with Gasteiger partial charge in [0, 0.05) is 44.2 Å². The van der Waals surface area contributed by atoms with Crippen LogP contribution in [0.15, 0.2) is 18.2 Å². The molecule has 1 aromatic rings. The number of amides is 1. The Labute approximate surface area is 180 Å². The van der Waals surface area contributed by atoms with E-state index in [1.165, 1.54) is 0 Å². The summed E-state index contributed by atoms with van der Waals surface area (Å²) < 4.78 is 10.8. The molecular weight excluding hydrogens is 401 g/mol. The van der Waals surface area contributed by atoms with E-state index in [9.17, 15) is 4.79 Å².